The van der Waals surface area contributed by atoms with Gasteiger partial charge < -0.3 is 10.6 Å². The molecule has 0 saturated carbocycles. The number of benzene rings is 1. The molecule has 0 spiro atoms. The zero-order valence-electron chi connectivity index (χ0n) is 11.4. The van der Waals surface area contributed by atoms with Gasteiger partial charge >= 0.3 is 0 Å². The fourth-order valence-corrected chi connectivity index (χ4v) is 1.79. The zero-order chi connectivity index (χ0) is 12.8. The van der Waals surface area contributed by atoms with Gasteiger partial charge in [0.15, 0.2) is 0 Å². The van der Waals surface area contributed by atoms with Gasteiger partial charge in [0.1, 0.15) is 0 Å². The second-order valence-electron chi connectivity index (χ2n) is 4.31. The quantitative estimate of drug-likeness (QED) is 0.835. The number of hydrogen-bond donors (Lipinski definition) is 1. The van der Waals surface area contributed by atoms with Crippen molar-refractivity contribution in [3.63, 3.8) is 0 Å². The van der Waals surface area contributed by atoms with Gasteiger partial charge in [0.05, 0.1) is 0 Å². The average Bonchev–Trinajstić information content (AvgIpc) is 2.33. The fourth-order valence-electron chi connectivity index (χ4n) is 1.79. The molecule has 1 aromatic carbocycles. The molecule has 1 amide bonds. The molecular formula is C14H23ClN2O. The molecule has 2 N–H and O–H groups in total. The summed E-state index contributed by atoms with van der Waals surface area (Å²) in [6.45, 7) is 7.65. The molecule has 0 aliphatic rings. The van der Waals surface area contributed by atoms with Gasteiger partial charge in [0.25, 0.3) is 5.91 Å². The maximum atomic E-state index is 12.3. The Morgan fingerprint density at radius 3 is 2.56 bits per heavy atom. The molecule has 102 valence electrons. The molecule has 0 atom stereocenters. The smallest absolute Gasteiger partial charge is 0.254 e. The Morgan fingerprint density at radius 2 is 2.00 bits per heavy atom. The Hall–Kier alpha value is -1.22. The highest BCUT2D eigenvalue weighted by atomic mass is 35.5. The zero-order valence-corrected chi connectivity index (χ0v) is 12.2. The lowest BCUT2D eigenvalue weighted by atomic mass is 10.1. The highest BCUT2D eigenvalue weighted by Crippen LogP contribution is 2.15. The molecule has 3 nitrogen and oxygen atoms in total. The van der Waals surface area contributed by atoms with Crippen LogP contribution in [0.15, 0.2) is 18.2 Å². The third-order valence-corrected chi connectivity index (χ3v) is 2.94. The van der Waals surface area contributed by atoms with E-state index in [4.69, 9.17) is 5.73 Å². The number of aryl methyl sites for hydroxylation is 1. The SMILES string of the molecule is CCCCN(CC)C(=O)c1cc(N)ccc1C.Cl. The second kappa shape index (κ2) is 7.98. The molecule has 0 unspecified atom stereocenters. The standard InChI is InChI=1S/C14H22N2O.ClH/c1-4-6-9-16(5-2)14(17)13-10-12(15)8-7-11(13)3;/h7-8,10H,4-6,9,15H2,1-3H3;1H. The number of carbonyl (C=O) groups excluding carboxylic acids is 1. The molecule has 0 fully saturated rings. The first kappa shape index (κ1) is 16.8. The van der Waals surface area contributed by atoms with Crippen LogP contribution in [0.5, 0.6) is 0 Å². The number of halogens is 1. The minimum atomic E-state index is 0. The molecule has 4 heteroatoms. The van der Waals surface area contributed by atoms with E-state index in [1.165, 1.54) is 0 Å². The number of rotatable bonds is 5. The van der Waals surface area contributed by atoms with Gasteiger partial charge in [-0.2, -0.15) is 0 Å². The molecule has 0 bridgehead atoms. The number of hydrogen-bond acceptors (Lipinski definition) is 2. The minimum Gasteiger partial charge on any atom is -0.399 e. The first-order valence-electron chi connectivity index (χ1n) is 6.25. The fraction of sp³-hybridized carbons (Fsp3) is 0.500. The Kier molecular flexibility index (Phi) is 7.44. The lowest BCUT2D eigenvalue weighted by molar-refractivity contribution is 0.0761. The molecule has 0 heterocycles. The first-order chi connectivity index (χ1) is 8.10. The number of nitrogens with zero attached hydrogens (tertiary/aromatic N) is 1. The number of carbonyl (C=O) groups is 1. The van der Waals surface area contributed by atoms with E-state index in [1.807, 2.05) is 30.9 Å². The van der Waals surface area contributed by atoms with E-state index in [0.29, 0.717) is 5.69 Å². The Balaban J connectivity index is 0.00000289. The van der Waals surface area contributed by atoms with E-state index in [-0.39, 0.29) is 18.3 Å². The Bertz CT molecular complexity index is 393. The maximum Gasteiger partial charge on any atom is 0.254 e. The van der Waals surface area contributed by atoms with E-state index in [0.717, 1.165) is 37.1 Å². The van der Waals surface area contributed by atoms with E-state index >= 15 is 0 Å². The molecule has 1 aromatic rings. The molecular weight excluding hydrogens is 248 g/mol. The predicted molar refractivity (Wildman–Crippen MR) is 79.3 cm³/mol. The summed E-state index contributed by atoms with van der Waals surface area (Å²) in [6, 6.07) is 5.50. The highest BCUT2D eigenvalue weighted by Gasteiger charge is 2.15. The normalized spacial score (nSPS) is 9.72. The average molecular weight is 271 g/mol. The molecule has 0 aromatic heterocycles. The Morgan fingerprint density at radius 1 is 1.33 bits per heavy atom. The van der Waals surface area contributed by atoms with Crippen molar-refractivity contribution in [3.8, 4) is 0 Å². The van der Waals surface area contributed by atoms with Crippen molar-refractivity contribution in [1.82, 2.24) is 4.90 Å². The van der Waals surface area contributed by atoms with Crippen molar-refractivity contribution >= 4 is 24.0 Å². The lowest BCUT2D eigenvalue weighted by Crippen LogP contribution is -2.32. The van der Waals surface area contributed by atoms with Gasteiger partial charge in [-0.3, -0.25) is 4.79 Å². The van der Waals surface area contributed by atoms with Crippen LogP contribution in [0.2, 0.25) is 0 Å². The summed E-state index contributed by atoms with van der Waals surface area (Å²) in [5.74, 6) is 0.0887. The molecule has 18 heavy (non-hydrogen) atoms. The third-order valence-electron chi connectivity index (χ3n) is 2.94. The van der Waals surface area contributed by atoms with E-state index < -0.39 is 0 Å². The molecule has 0 aliphatic heterocycles. The number of nitrogen functional groups attached to an aromatic ring is 1. The summed E-state index contributed by atoms with van der Waals surface area (Å²) >= 11 is 0. The van der Waals surface area contributed by atoms with Crippen LogP contribution in [-0.2, 0) is 0 Å². The third kappa shape index (κ3) is 4.22. The van der Waals surface area contributed by atoms with Gasteiger partial charge in [0.2, 0.25) is 0 Å². The minimum absolute atomic E-state index is 0. The highest BCUT2D eigenvalue weighted by molar-refractivity contribution is 5.96. The van der Waals surface area contributed by atoms with Crippen LogP contribution in [0.25, 0.3) is 0 Å². The lowest BCUT2D eigenvalue weighted by Gasteiger charge is -2.21. The number of amides is 1. The summed E-state index contributed by atoms with van der Waals surface area (Å²) in [5, 5.41) is 0. The van der Waals surface area contributed by atoms with E-state index in [9.17, 15) is 4.79 Å². The molecule has 0 radical (unpaired) electrons. The van der Waals surface area contributed by atoms with Crippen molar-refractivity contribution in [2.75, 3.05) is 18.8 Å². The van der Waals surface area contributed by atoms with Crippen molar-refractivity contribution < 1.29 is 4.79 Å². The van der Waals surface area contributed by atoms with Crippen molar-refractivity contribution in [2.45, 2.75) is 33.6 Å². The number of anilines is 1. The van der Waals surface area contributed by atoms with Crippen LogP contribution < -0.4 is 5.73 Å². The van der Waals surface area contributed by atoms with Gasteiger partial charge in [0, 0.05) is 24.3 Å². The topological polar surface area (TPSA) is 46.3 Å². The van der Waals surface area contributed by atoms with Crippen LogP contribution in [0.3, 0.4) is 0 Å². The van der Waals surface area contributed by atoms with Crippen molar-refractivity contribution in [1.29, 1.82) is 0 Å². The van der Waals surface area contributed by atoms with Gasteiger partial charge in [-0.1, -0.05) is 19.4 Å². The van der Waals surface area contributed by atoms with Crippen LogP contribution in [0.4, 0.5) is 5.69 Å². The first-order valence-corrected chi connectivity index (χ1v) is 6.25. The largest absolute Gasteiger partial charge is 0.399 e. The number of unbranched alkanes of at least 4 members (excludes halogenated alkanes) is 1. The molecule has 0 saturated heterocycles. The van der Waals surface area contributed by atoms with Crippen LogP contribution in [0, 0.1) is 6.92 Å². The van der Waals surface area contributed by atoms with Crippen LogP contribution in [0.1, 0.15) is 42.6 Å². The monoisotopic (exact) mass is 270 g/mol. The maximum absolute atomic E-state index is 12.3. The van der Waals surface area contributed by atoms with Crippen LogP contribution >= 0.6 is 12.4 Å². The Labute approximate surface area is 116 Å². The van der Waals surface area contributed by atoms with E-state index in [1.54, 1.807) is 6.07 Å². The molecule has 1 rings (SSSR count). The summed E-state index contributed by atoms with van der Waals surface area (Å²) in [6.07, 6.45) is 2.14. The summed E-state index contributed by atoms with van der Waals surface area (Å²) in [4.78, 5) is 14.2. The van der Waals surface area contributed by atoms with Gasteiger partial charge in [-0.15, -0.1) is 12.4 Å². The van der Waals surface area contributed by atoms with E-state index in [2.05, 4.69) is 6.92 Å². The summed E-state index contributed by atoms with van der Waals surface area (Å²) < 4.78 is 0. The van der Waals surface area contributed by atoms with Crippen molar-refractivity contribution in [3.05, 3.63) is 29.3 Å². The van der Waals surface area contributed by atoms with Gasteiger partial charge in [-0.25, -0.2) is 0 Å². The van der Waals surface area contributed by atoms with Crippen LogP contribution in [-0.4, -0.2) is 23.9 Å². The number of nitrogens with two attached hydrogens (primary N) is 1. The predicted octanol–water partition coefficient (Wildman–Crippen LogP) is 3.26. The second-order valence-corrected chi connectivity index (χ2v) is 4.31. The van der Waals surface area contributed by atoms with Crippen molar-refractivity contribution in [2.24, 2.45) is 0 Å². The summed E-state index contributed by atoms with van der Waals surface area (Å²) in [7, 11) is 0. The summed E-state index contributed by atoms with van der Waals surface area (Å²) in [5.41, 5.74) is 8.09. The van der Waals surface area contributed by atoms with Gasteiger partial charge in [-0.05, 0) is 38.0 Å². The molecule has 0 aliphatic carbocycles.